The number of halogens is 3. The normalized spacial score (nSPS) is 10.6. The van der Waals surface area contributed by atoms with Crippen LogP contribution in [0.5, 0.6) is 0 Å². The maximum absolute atomic E-state index is 12.2. The monoisotopic (exact) mass is 291 g/mol. The molecule has 0 fully saturated rings. The molecular weight excluding hydrogens is 276 g/mol. The zero-order chi connectivity index (χ0) is 13.1. The van der Waals surface area contributed by atoms with Gasteiger partial charge in [0.05, 0.1) is 12.4 Å². The highest BCUT2D eigenvalue weighted by Crippen LogP contribution is 2.13. The van der Waals surface area contributed by atoms with E-state index in [1.807, 2.05) is 14.0 Å². The number of nitrogens with zero attached hydrogens (tertiary/aromatic N) is 4. The van der Waals surface area contributed by atoms with Crippen LogP contribution in [0.15, 0.2) is 18.6 Å². The maximum atomic E-state index is 12.2. The Labute approximate surface area is 116 Å². The molecule has 0 atom stereocenters. The van der Waals surface area contributed by atoms with Crippen LogP contribution in [0, 0.1) is 6.92 Å². The SMILES string of the molecule is Cc1cnn(C)c1NCc1cnn(CC(F)F)c1.Cl. The van der Waals surface area contributed by atoms with E-state index in [-0.39, 0.29) is 19.0 Å². The van der Waals surface area contributed by atoms with Gasteiger partial charge in [-0.25, -0.2) is 8.78 Å². The Bertz CT molecular complexity index is 503. The first-order valence-corrected chi connectivity index (χ1v) is 5.58. The van der Waals surface area contributed by atoms with Gasteiger partial charge in [0.1, 0.15) is 12.4 Å². The van der Waals surface area contributed by atoms with E-state index in [9.17, 15) is 8.78 Å². The molecule has 8 heteroatoms. The van der Waals surface area contributed by atoms with Gasteiger partial charge in [0.2, 0.25) is 0 Å². The quantitative estimate of drug-likeness (QED) is 0.919. The first kappa shape index (κ1) is 15.4. The Morgan fingerprint density at radius 1 is 1.32 bits per heavy atom. The second kappa shape index (κ2) is 6.51. The number of alkyl halides is 2. The molecule has 0 bridgehead atoms. The van der Waals surface area contributed by atoms with Gasteiger partial charge in [-0.05, 0) is 6.92 Å². The second-order valence-electron chi connectivity index (χ2n) is 4.12. The van der Waals surface area contributed by atoms with Crippen LogP contribution < -0.4 is 5.32 Å². The third kappa shape index (κ3) is 3.92. The lowest BCUT2D eigenvalue weighted by Gasteiger charge is -2.06. The third-order valence-corrected chi connectivity index (χ3v) is 2.59. The summed E-state index contributed by atoms with van der Waals surface area (Å²) in [5.41, 5.74) is 1.90. The average Bonchev–Trinajstić information content (AvgIpc) is 2.84. The number of anilines is 1. The standard InChI is InChI=1S/C11H15F2N5.ClH/c1-8-3-15-17(2)11(8)14-4-9-5-16-18(6-9)7-10(12)13;/h3,5-6,10,14H,4,7H2,1-2H3;1H. The van der Waals surface area contributed by atoms with E-state index >= 15 is 0 Å². The van der Waals surface area contributed by atoms with E-state index in [4.69, 9.17) is 0 Å². The van der Waals surface area contributed by atoms with E-state index in [2.05, 4.69) is 15.5 Å². The van der Waals surface area contributed by atoms with Crippen molar-refractivity contribution in [3.8, 4) is 0 Å². The molecular formula is C11H16ClF2N5. The lowest BCUT2D eigenvalue weighted by atomic mass is 10.3. The van der Waals surface area contributed by atoms with Crippen molar-refractivity contribution in [3.63, 3.8) is 0 Å². The number of rotatable bonds is 5. The molecule has 0 unspecified atom stereocenters. The molecule has 2 aromatic heterocycles. The molecule has 19 heavy (non-hydrogen) atoms. The highest BCUT2D eigenvalue weighted by molar-refractivity contribution is 5.85. The number of hydrogen-bond acceptors (Lipinski definition) is 3. The average molecular weight is 292 g/mol. The molecule has 2 rings (SSSR count). The molecule has 2 heterocycles. The van der Waals surface area contributed by atoms with Gasteiger partial charge in [0, 0.05) is 30.9 Å². The Hall–Kier alpha value is -1.63. The minimum Gasteiger partial charge on any atom is -0.366 e. The largest absolute Gasteiger partial charge is 0.366 e. The smallest absolute Gasteiger partial charge is 0.257 e. The first-order valence-electron chi connectivity index (χ1n) is 5.58. The van der Waals surface area contributed by atoms with Gasteiger partial charge in [-0.1, -0.05) is 0 Å². The molecule has 0 radical (unpaired) electrons. The molecule has 0 amide bonds. The summed E-state index contributed by atoms with van der Waals surface area (Å²) in [6.45, 7) is 2.11. The van der Waals surface area contributed by atoms with Crippen LogP contribution in [0.2, 0.25) is 0 Å². The molecule has 1 N–H and O–H groups in total. The third-order valence-electron chi connectivity index (χ3n) is 2.59. The number of aromatic nitrogens is 4. The van der Waals surface area contributed by atoms with Crippen LogP contribution in [0.4, 0.5) is 14.6 Å². The summed E-state index contributed by atoms with van der Waals surface area (Å²) in [7, 11) is 1.84. The summed E-state index contributed by atoms with van der Waals surface area (Å²) >= 11 is 0. The molecule has 0 saturated heterocycles. The molecule has 0 saturated carbocycles. The van der Waals surface area contributed by atoms with E-state index in [0.717, 1.165) is 16.9 Å². The summed E-state index contributed by atoms with van der Waals surface area (Å²) in [5.74, 6) is 0.914. The van der Waals surface area contributed by atoms with E-state index in [0.29, 0.717) is 6.54 Å². The first-order chi connectivity index (χ1) is 8.56. The van der Waals surface area contributed by atoms with E-state index in [1.54, 1.807) is 23.3 Å². The minimum absolute atomic E-state index is 0. The molecule has 0 aromatic carbocycles. The predicted molar refractivity (Wildman–Crippen MR) is 70.8 cm³/mol. The molecule has 0 aliphatic heterocycles. The van der Waals surface area contributed by atoms with Crippen molar-refractivity contribution in [2.24, 2.45) is 7.05 Å². The van der Waals surface area contributed by atoms with Crippen molar-refractivity contribution in [3.05, 3.63) is 29.7 Å². The predicted octanol–water partition coefficient (Wildman–Crippen LogP) is 2.22. The molecule has 0 aliphatic rings. The van der Waals surface area contributed by atoms with E-state index < -0.39 is 6.43 Å². The number of hydrogen-bond donors (Lipinski definition) is 1. The van der Waals surface area contributed by atoms with Gasteiger partial charge in [-0.3, -0.25) is 9.36 Å². The fourth-order valence-corrected chi connectivity index (χ4v) is 1.73. The maximum Gasteiger partial charge on any atom is 0.257 e. The molecule has 106 valence electrons. The van der Waals surface area contributed by atoms with Crippen molar-refractivity contribution in [2.75, 3.05) is 5.32 Å². The van der Waals surface area contributed by atoms with Crippen molar-refractivity contribution < 1.29 is 8.78 Å². The summed E-state index contributed by atoms with van der Waals surface area (Å²) in [4.78, 5) is 0. The highest BCUT2D eigenvalue weighted by atomic mass is 35.5. The number of aryl methyl sites for hydroxylation is 2. The topological polar surface area (TPSA) is 47.7 Å². The van der Waals surface area contributed by atoms with Crippen LogP contribution in [0.1, 0.15) is 11.1 Å². The molecule has 0 spiro atoms. The van der Waals surface area contributed by atoms with Crippen LogP contribution in [-0.4, -0.2) is 26.0 Å². The summed E-state index contributed by atoms with van der Waals surface area (Å²) in [6.07, 6.45) is 2.58. The van der Waals surface area contributed by atoms with Gasteiger partial charge < -0.3 is 5.32 Å². The fourth-order valence-electron chi connectivity index (χ4n) is 1.73. The zero-order valence-electron chi connectivity index (χ0n) is 10.7. The van der Waals surface area contributed by atoms with E-state index in [1.165, 1.54) is 4.68 Å². The van der Waals surface area contributed by atoms with Crippen molar-refractivity contribution in [2.45, 2.75) is 26.4 Å². The van der Waals surface area contributed by atoms with Crippen molar-refractivity contribution >= 4 is 18.2 Å². The van der Waals surface area contributed by atoms with Crippen LogP contribution >= 0.6 is 12.4 Å². The van der Waals surface area contributed by atoms with Gasteiger partial charge in [-0.2, -0.15) is 10.2 Å². The minimum atomic E-state index is -2.38. The summed E-state index contributed by atoms with van der Waals surface area (Å²) in [5, 5.41) is 11.2. The van der Waals surface area contributed by atoms with Gasteiger partial charge in [0.15, 0.2) is 0 Å². The summed E-state index contributed by atoms with van der Waals surface area (Å²) < 4.78 is 27.3. The molecule has 2 aromatic rings. The Morgan fingerprint density at radius 3 is 2.63 bits per heavy atom. The lowest BCUT2D eigenvalue weighted by Crippen LogP contribution is -2.07. The Kier molecular flexibility index (Phi) is 5.29. The van der Waals surface area contributed by atoms with Gasteiger partial charge in [0.25, 0.3) is 6.43 Å². The van der Waals surface area contributed by atoms with Crippen molar-refractivity contribution in [1.29, 1.82) is 0 Å². The van der Waals surface area contributed by atoms with Crippen LogP contribution in [-0.2, 0) is 20.1 Å². The van der Waals surface area contributed by atoms with Crippen molar-refractivity contribution in [1.82, 2.24) is 19.6 Å². The molecule has 0 aliphatic carbocycles. The Balaban J connectivity index is 0.00000180. The zero-order valence-corrected chi connectivity index (χ0v) is 11.5. The molecule has 5 nitrogen and oxygen atoms in total. The Morgan fingerprint density at radius 2 is 2.05 bits per heavy atom. The highest BCUT2D eigenvalue weighted by Gasteiger charge is 2.07. The summed E-state index contributed by atoms with van der Waals surface area (Å²) in [6, 6.07) is 0. The van der Waals surface area contributed by atoms with Crippen LogP contribution in [0.25, 0.3) is 0 Å². The fraction of sp³-hybridized carbons (Fsp3) is 0.455. The second-order valence-corrected chi connectivity index (χ2v) is 4.12. The van der Waals surface area contributed by atoms with Crippen LogP contribution in [0.3, 0.4) is 0 Å². The lowest BCUT2D eigenvalue weighted by molar-refractivity contribution is 0.122. The van der Waals surface area contributed by atoms with Gasteiger partial charge >= 0.3 is 0 Å². The number of nitrogens with one attached hydrogen (secondary N) is 1. The van der Waals surface area contributed by atoms with Gasteiger partial charge in [-0.15, -0.1) is 12.4 Å².